The fourth-order valence-corrected chi connectivity index (χ4v) is 3.03. The van der Waals surface area contributed by atoms with Crippen molar-refractivity contribution in [2.75, 3.05) is 19.6 Å². The van der Waals surface area contributed by atoms with Crippen molar-refractivity contribution in [1.29, 1.82) is 0 Å². The molecular formula is C20H27F3N2O4. The lowest BCUT2D eigenvalue weighted by Gasteiger charge is -2.16. The number of hydrogen-bond donors (Lipinski definition) is 2. The Bertz CT molecular complexity index is 680. The molecule has 0 bridgehead atoms. The number of Topliss-reactive ketones (excluding diaryl/α,β-unsaturated/α-hetero) is 1. The smallest absolute Gasteiger partial charge is 0.475 e. The van der Waals surface area contributed by atoms with Gasteiger partial charge in [-0.2, -0.15) is 13.2 Å². The molecule has 0 unspecified atom stereocenters. The second-order valence-electron chi connectivity index (χ2n) is 7.07. The lowest BCUT2D eigenvalue weighted by molar-refractivity contribution is -0.192. The molecule has 2 atom stereocenters. The predicted molar refractivity (Wildman–Crippen MR) is 101 cm³/mol. The van der Waals surface area contributed by atoms with Crippen molar-refractivity contribution in [3.05, 3.63) is 35.9 Å². The molecule has 1 aliphatic heterocycles. The Kier molecular flexibility index (Phi) is 9.80. The molecule has 0 radical (unpaired) electrons. The minimum atomic E-state index is -5.08. The van der Waals surface area contributed by atoms with E-state index in [2.05, 4.69) is 6.92 Å². The molecule has 1 fully saturated rings. The van der Waals surface area contributed by atoms with Crippen molar-refractivity contribution in [2.45, 2.75) is 38.8 Å². The van der Waals surface area contributed by atoms with Crippen molar-refractivity contribution in [1.82, 2.24) is 4.90 Å². The number of alkyl halides is 3. The molecular weight excluding hydrogens is 389 g/mol. The summed E-state index contributed by atoms with van der Waals surface area (Å²) in [5, 5.41) is 7.12. The Hall–Kier alpha value is -2.42. The van der Waals surface area contributed by atoms with Gasteiger partial charge in [-0.1, -0.05) is 37.3 Å². The average Bonchev–Trinajstić information content (AvgIpc) is 3.06. The number of rotatable bonds is 7. The monoisotopic (exact) mass is 416 g/mol. The van der Waals surface area contributed by atoms with E-state index in [1.807, 2.05) is 35.2 Å². The SMILES string of the molecule is C[C@@H]1CN(C(=O)CCCCC(=O)c2ccccc2)C[C@H]1CN.O=C(O)C(F)(F)F. The maximum Gasteiger partial charge on any atom is 0.490 e. The molecule has 2 rings (SSSR count). The van der Waals surface area contributed by atoms with Crippen LogP contribution in [0.2, 0.25) is 0 Å². The summed E-state index contributed by atoms with van der Waals surface area (Å²) in [6, 6.07) is 9.33. The average molecular weight is 416 g/mol. The van der Waals surface area contributed by atoms with Crippen molar-refractivity contribution in [2.24, 2.45) is 17.6 Å². The molecule has 6 nitrogen and oxygen atoms in total. The molecule has 3 N–H and O–H groups in total. The quantitative estimate of drug-likeness (QED) is 0.525. The topological polar surface area (TPSA) is 101 Å². The summed E-state index contributed by atoms with van der Waals surface area (Å²) in [6.45, 7) is 4.42. The van der Waals surface area contributed by atoms with Gasteiger partial charge in [0.1, 0.15) is 0 Å². The van der Waals surface area contributed by atoms with E-state index in [0.29, 0.717) is 31.2 Å². The maximum atomic E-state index is 12.2. The third-order valence-electron chi connectivity index (χ3n) is 4.81. The van der Waals surface area contributed by atoms with Crippen LogP contribution in [0.5, 0.6) is 0 Å². The lowest BCUT2D eigenvalue weighted by Crippen LogP contribution is -2.29. The largest absolute Gasteiger partial charge is 0.490 e. The molecule has 0 aliphatic carbocycles. The van der Waals surface area contributed by atoms with E-state index in [1.54, 1.807) is 0 Å². The molecule has 1 heterocycles. The number of unbranched alkanes of at least 4 members (excludes halogenated alkanes) is 1. The summed E-state index contributed by atoms with van der Waals surface area (Å²) in [5.74, 6) is -1.47. The molecule has 162 valence electrons. The first-order valence-electron chi connectivity index (χ1n) is 9.42. The Morgan fingerprint density at radius 1 is 1.10 bits per heavy atom. The molecule has 0 aromatic heterocycles. The van der Waals surface area contributed by atoms with Gasteiger partial charge in [-0.25, -0.2) is 4.79 Å². The number of hydrogen-bond acceptors (Lipinski definition) is 4. The Morgan fingerprint density at radius 2 is 1.66 bits per heavy atom. The molecule has 1 saturated heterocycles. The van der Waals surface area contributed by atoms with E-state index in [1.165, 1.54) is 0 Å². The van der Waals surface area contributed by atoms with Crippen LogP contribution in [-0.2, 0) is 9.59 Å². The van der Waals surface area contributed by atoms with Crippen molar-refractivity contribution < 1.29 is 32.7 Å². The molecule has 1 aromatic rings. The highest BCUT2D eigenvalue weighted by Crippen LogP contribution is 2.23. The van der Waals surface area contributed by atoms with Crippen LogP contribution in [0, 0.1) is 11.8 Å². The number of carboxylic acids is 1. The van der Waals surface area contributed by atoms with Gasteiger partial charge in [-0.15, -0.1) is 0 Å². The number of carbonyl (C=O) groups is 3. The van der Waals surface area contributed by atoms with Crippen molar-refractivity contribution in [3.63, 3.8) is 0 Å². The zero-order valence-corrected chi connectivity index (χ0v) is 16.3. The molecule has 29 heavy (non-hydrogen) atoms. The summed E-state index contributed by atoms with van der Waals surface area (Å²) in [7, 11) is 0. The summed E-state index contributed by atoms with van der Waals surface area (Å²) >= 11 is 0. The first-order valence-corrected chi connectivity index (χ1v) is 9.42. The van der Waals surface area contributed by atoms with E-state index >= 15 is 0 Å². The number of nitrogens with zero attached hydrogens (tertiary/aromatic N) is 1. The van der Waals surface area contributed by atoms with Crippen LogP contribution in [0.1, 0.15) is 43.0 Å². The van der Waals surface area contributed by atoms with Gasteiger partial charge in [0.25, 0.3) is 0 Å². The fourth-order valence-electron chi connectivity index (χ4n) is 3.03. The van der Waals surface area contributed by atoms with E-state index in [-0.39, 0.29) is 11.7 Å². The Labute approximate surface area is 167 Å². The highest BCUT2D eigenvalue weighted by atomic mass is 19.4. The van der Waals surface area contributed by atoms with Gasteiger partial charge >= 0.3 is 12.1 Å². The van der Waals surface area contributed by atoms with Crippen molar-refractivity contribution >= 4 is 17.7 Å². The number of carbonyl (C=O) groups excluding carboxylic acids is 2. The van der Waals surface area contributed by atoms with E-state index in [9.17, 15) is 22.8 Å². The molecule has 1 amide bonds. The van der Waals surface area contributed by atoms with Crippen LogP contribution in [0.4, 0.5) is 13.2 Å². The Balaban J connectivity index is 0.000000516. The van der Waals surface area contributed by atoms with Crippen LogP contribution in [0.25, 0.3) is 0 Å². The van der Waals surface area contributed by atoms with Gasteiger partial charge in [0.15, 0.2) is 5.78 Å². The number of likely N-dealkylation sites (tertiary alicyclic amines) is 1. The van der Waals surface area contributed by atoms with Crippen LogP contribution in [0.3, 0.4) is 0 Å². The third kappa shape index (κ3) is 8.64. The normalized spacial score (nSPS) is 18.7. The minimum Gasteiger partial charge on any atom is -0.475 e. The number of halogens is 3. The Morgan fingerprint density at radius 3 is 2.14 bits per heavy atom. The second kappa shape index (κ2) is 11.5. The number of amides is 1. The van der Waals surface area contributed by atoms with Gasteiger partial charge in [0.2, 0.25) is 5.91 Å². The van der Waals surface area contributed by atoms with E-state index in [4.69, 9.17) is 15.6 Å². The number of aliphatic carboxylic acids is 1. The highest BCUT2D eigenvalue weighted by Gasteiger charge is 2.38. The summed E-state index contributed by atoms with van der Waals surface area (Å²) in [6.07, 6.45) is -2.50. The molecule has 1 aliphatic rings. The number of benzene rings is 1. The van der Waals surface area contributed by atoms with Gasteiger partial charge in [-0.3, -0.25) is 9.59 Å². The molecule has 9 heteroatoms. The number of nitrogens with two attached hydrogens (primary N) is 1. The van der Waals surface area contributed by atoms with Crippen LogP contribution in [-0.4, -0.2) is 53.5 Å². The van der Waals surface area contributed by atoms with E-state index < -0.39 is 12.1 Å². The lowest BCUT2D eigenvalue weighted by atomic mass is 9.99. The maximum absolute atomic E-state index is 12.2. The third-order valence-corrected chi connectivity index (χ3v) is 4.81. The highest BCUT2D eigenvalue weighted by molar-refractivity contribution is 5.95. The van der Waals surface area contributed by atoms with Gasteiger partial charge in [0.05, 0.1) is 0 Å². The minimum absolute atomic E-state index is 0.158. The first kappa shape index (κ1) is 24.6. The number of carboxylic acid groups (broad SMARTS) is 1. The standard InChI is InChI=1S/C18H26N2O2.C2HF3O2/c1-14-12-20(13-16(14)11-19)18(22)10-6-5-9-17(21)15-7-3-2-4-8-15;3-2(4,5)1(6)7/h2-4,7-8,14,16H,5-6,9-13,19H2,1H3;(H,6,7)/t14-,16-;/m1./s1. The van der Waals surface area contributed by atoms with Crippen LogP contribution < -0.4 is 5.73 Å². The van der Waals surface area contributed by atoms with E-state index in [0.717, 1.165) is 31.5 Å². The molecule has 0 saturated carbocycles. The summed E-state index contributed by atoms with van der Waals surface area (Å²) in [5.41, 5.74) is 6.48. The van der Waals surface area contributed by atoms with Crippen molar-refractivity contribution in [3.8, 4) is 0 Å². The fraction of sp³-hybridized carbons (Fsp3) is 0.550. The van der Waals surface area contributed by atoms with Gasteiger partial charge < -0.3 is 15.7 Å². The summed E-state index contributed by atoms with van der Waals surface area (Å²) in [4.78, 5) is 35.0. The second-order valence-corrected chi connectivity index (χ2v) is 7.07. The van der Waals surface area contributed by atoms with Gasteiger partial charge in [-0.05, 0) is 31.2 Å². The van der Waals surface area contributed by atoms with Gasteiger partial charge in [0, 0.05) is 31.5 Å². The molecule has 0 spiro atoms. The summed E-state index contributed by atoms with van der Waals surface area (Å²) < 4.78 is 31.7. The molecule has 1 aromatic carbocycles. The van der Waals surface area contributed by atoms with Crippen LogP contribution in [0.15, 0.2) is 30.3 Å². The zero-order chi connectivity index (χ0) is 22.0. The van der Waals surface area contributed by atoms with Crippen LogP contribution >= 0.6 is 0 Å². The first-order chi connectivity index (χ1) is 13.6. The predicted octanol–water partition coefficient (Wildman–Crippen LogP) is 3.12. The zero-order valence-electron chi connectivity index (χ0n) is 16.3. The number of ketones is 1.